The fourth-order valence-electron chi connectivity index (χ4n) is 1.86. The Morgan fingerprint density at radius 3 is 2.83 bits per heavy atom. The molecule has 1 amide bonds. The van der Waals surface area contributed by atoms with Crippen LogP contribution in [-0.2, 0) is 0 Å². The molecule has 0 bridgehead atoms. The van der Waals surface area contributed by atoms with Gasteiger partial charge in [-0.1, -0.05) is 25.2 Å². The van der Waals surface area contributed by atoms with Gasteiger partial charge in [-0.3, -0.25) is 4.79 Å². The maximum atomic E-state index is 11.9. The van der Waals surface area contributed by atoms with Crippen LogP contribution in [0.3, 0.4) is 0 Å². The number of carbonyl (C=O) groups excluding carboxylic acids is 1. The molecule has 3 heteroatoms. The molecule has 0 spiro atoms. The van der Waals surface area contributed by atoms with Crippen LogP contribution in [0.5, 0.6) is 0 Å². The molecule has 2 nitrogen and oxygen atoms in total. The minimum Gasteiger partial charge on any atom is -0.349 e. The third-order valence-corrected chi connectivity index (χ3v) is 3.98. The molecule has 0 saturated heterocycles. The molecule has 0 fully saturated rings. The first-order valence-corrected chi connectivity index (χ1v) is 7.17. The minimum absolute atomic E-state index is 0.0232. The van der Waals surface area contributed by atoms with E-state index in [4.69, 9.17) is 0 Å². The summed E-state index contributed by atoms with van der Waals surface area (Å²) in [4.78, 5) is 13.8. The topological polar surface area (TPSA) is 29.1 Å². The van der Waals surface area contributed by atoms with Gasteiger partial charge in [-0.2, -0.15) is 0 Å². The summed E-state index contributed by atoms with van der Waals surface area (Å²) in [5.41, 5.74) is 1.24. The van der Waals surface area contributed by atoms with Gasteiger partial charge in [0.1, 0.15) is 0 Å². The molecule has 0 saturated carbocycles. The molecule has 1 aromatic rings. The molecule has 1 N–H and O–H groups in total. The van der Waals surface area contributed by atoms with Gasteiger partial charge in [0.2, 0.25) is 0 Å². The van der Waals surface area contributed by atoms with Crippen LogP contribution in [-0.4, -0.2) is 11.9 Å². The largest absolute Gasteiger partial charge is 0.349 e. The molecule has 0 aromatic carbocycles. The zero-order valence-corrected chi connectivity index (χ0v) is 11.9. The van der Waals surface area contributed by atoms with E-state index in [0.717, 1.165) is 11.3 Å². The Morgan fingerprint density at radius 1 is 1.44 bits per heavy atom. The number of allylic oxidation sites excluding steroid dienone is 4. The fourth-order valence-corrected chi connectivity index (χ4v) is 2.79. The molecule has 2 rings (SSSR count). The molecule has 1 aromatic heterocycles. The number of amides is 1. The summed E-state index contributed by atoms with van der Waals surface area (Å²) in [6.07, 6.45) is 7.71. The third kappa shape index (κ3) is 3.10. The van der Waals surface area contributed by atoms with E-state index in [0.29, 0.717) is 5.92 Å². The summed E-state index contributed by atoms with van der Waals surface area (Å²) in [7, 11) is 0. The molecule has 18 heavy (non-hydrogen) atoms. The van der Waals surface area contributed by atoms with Crippen LogP contribution >= 0.6 is 11.3 Å². The number of thiophene rings is 1. The number of nitrogens with one attached hydrogen (secondary N) is 1. The zero-order valence-electron chi connectivity index (χ0n) is 11.1. The molecular weight excluding hydrogens is 242 g/mol. The van der Waals surface area contributed by atoms with Crippen LogP contribution in [0, 0.1) is 5.92 Å². The van der Waals surface area contributed by atoms with Gasteiger partial charge in [0, 0.05) is 10.9 Å². The highest BCUT2D eigenvalue weighted by Crippen LogP contribution is 2.29. The Morgan fingerprint density at radius 2 is 2.22 bits per heavy atom. The maximum absolute atomic E-state index is 11.9. The van der Waals surface area contributed by atoms with Gasteiger partial charge >= 0.3 is 0 Å². The van der Waals surface area contributed by atoms with E-state index < -0.39 is 0 Å². The second-order valence-corrected chi connectivity index (χ2v) is 6.11. The van der Waals surface area contributed by atoms with Crippen molar-refractivity contribution >= 4 is 22.8 Å². The summed E-state index contributed by atoms with van der Waals surface area (Å²) in [6.45, 7) is 6.15. The van der Waals surface area contributed by atoms with E-state index in [1.807, 2.05) is 26.0 Å². The standard InChI is InChI=1S/C15H19NOS/c1-10(2)16-15(17)14-9-8-13(18-14)12-6-4-11(3)5-7-12/h4,6-11H,5H2,1-3H3,(H,16,17). The van der Waals surface area contributed by atoms with Crippen LogP contribution in [0.2, 0.25) is 0 Å². The van der Waals surface area contributed by atoms with Crippen molar-refractivity contribution in [2.45, 2.75) is 33.2 Å². The lowest BCUT2D eigenvalue weighted by atomic mass is 9.98. The number of hydrogen-bond acceptors (Lipinski definition) is 2. The second kappa shape index (κ2) is 5.53. The Balaban J connectivity index is 2.11. The lowest BCUT2D eigenvalue weighted by Crippen LogP contribution is -2.29. The van der Waals surface area contributed by atoms with Crippen LogP contribution in [0.1, 0.15) is 41.7 Å². The van der Waals surface area contributed by atoms with Crippen molar-refractivity contribution in [1.29, 1.82) is 0 Å². The van der Waals surface area contributed by atoms with Crippen LogP contribution in [0.25, 0.3) is 5.57 Å². The number of hydrogen-bond donors (Lipinski definition) is 1. The normalized spacial score (nSPS) is 18.9. The van der Waals surface area contributed by atoms with Crippen molar-refractivity contribution < 1.29 is 4.79 Å². The number of carbonyl (C=O) groups is 1. The minimum atomic E-state index is 0.0232. The van der Waals surface area contributed by atoms with Crippen molar-refractivity contribution in [3.8, 4) is 0 Å². The first-order chi connectivity index (χ1) is 8.56. The van der Waals surface area contributed by atoms with Gasteiger partial charge < -0.3 is 5.32 Å². The first kappa shape index (κ1) is 13.1. The van der Waals surface area contributed by atoms with Crippen molar-refractivity contribution in [2.75, 3.05) is 0 Å². The Bertz CT molecular complexity index is 496. The average molecular weight is 261 g/mol. The zero-order chi connectivity index (χ0) is 13.1. The summed E-state index contributed by atoms with van der Waals surface area (Å²) >= 11 is 1.56. The SMILES string of the molecule is CC1C=CC(c2ccc(C(=O)NC(C)C)s2)=CC1. The predicted molar refractivity (Wildman–Crippen MR) is 77.8 cm³/mol. The molecule has 1 aliphatic carbocycles. The van der Waals surface area contributed by atoms with Gasteiger partial charge in [0.05, 0.1) is 4.88 Å². The van der Waals surface area contributed by atoms with E-state index in [-0.39, 0.29) is 11.9 Å². The number of rotatable bonds is 3. The fraction of sp³-hybridized carbons (Fsp3) is 0.400. The summed E-state index contributed by atoms with van der Waals surface area (Å²) in [5.74, 6) is 0.646. The lowest BCUT2D eigenvalue weighted by molar-refractivity contribution is 0.0947. The molecule has 1 heterocycles. The Kier molecular flexibility index (Phi) is 4.02. The van der Waals surface area contributed by atoms with Crippen molar-refractivity contribution in [3.63, 3.8) is 0 Å². The second-order valence-electron chi connectivity index (χ2n) is 5.02. The van der Waals surface area contributed by atoms with Gasteiger partial charge in [-0.25, -0.2) is 0 Å². The third-order valence-electron chi connectivity index (χ3n) is 2.85. The quantitative estimate of drug-likeness (QED) is 0.879. The molecule has 1 aliphatic rings. The van der Waals surface area contributed by atoms with Gasteiger partial charge in [0.15, 0.2) is 0 Å². The Labute approximate surface area is 112 Å². The van der Waals surface area contributed by atoms with Crippen LogP contribution < -0.4 is 5.32 Å². The highest BCUT2D eigenvalue weighted by molar-refractivity contribution is 7.15. The van der Waals surface area contributed by atoms with Crippen molar-refractivity contribution in [1.82, 2.24) is 5.32 Å². The van der Waals surface area contributed by atoms with Gasteiger partial charge in [0.25, 0.3) is 5.91 Å². The monoisotopic (exact) mass is 261 g/mol. The van der Waals surface area contributed by atoms with Gasteiger partial charge in [-0.05, 0) is 43.9 Å². The smallest absolute Gasteiger partial charge is 0.261 e. The van der Waals surface area contributed by atoms with Gasteiger partial charge in [-0.15, -0.1) is 11.3 Å². The lowest BCUT2D eigenvalue weighted by Gasteiger charge is -2.10. The maximum Gasteiger partial charge on any atom is 0.261 e. The molecule has 1 unspecified atom stereocenters. The molecular formula is C15H19NOS. The van der Waals surface area contributed by atoms with Crippen LogP contribution in [0.4, 0.5) is 0 Å². The van der Waals surface area contributed by atoms with E-state index in [9.17, 15) is 4.79 Å². The highest BCUT2D eigenvalue weighted by Gasteiger charge is 2.12. The predicted octanol–water partition coefficient (Wildman–Crippen LogP) is 3.87. The van der Waals surface area contributed by atoms with E-state index in [1.165, 1.54) is 10.5 Å². The summed E-state index contributed by atoms with van der Waals surface area (Å²) in [6, 6.07) is 4.12. The Hall–Kier alpha value is -1.35. The summed E-state index contributed by atoms with van der Waals surface area (Å²) < 4.78 is 0. The van der Waals surface area contributed by atoms with Crippen molar-refractivity contribution in [2.24, 2.45) is 5.92 Å². The summed E-state index contributed by atoms with van der Waals surface area (Å²) in [5, 5.41) is 2.92. The highest BCUT2D eigenvalue weighted by atomic mass is 32.1. The molecule has 0 radical (unpaired) electrons. The van der Waals surface area contributed by atoms with E-state index >= 15 is 0 Å². The molecule has 96 valence electrons. The van der Waals surface area contributed by atoms with Crippen molar-refractivity contribution in [3.05, 3.63) is 40.1 Å². The van der Waals surface area contributed by atoms with Crippen LogP contribution in [0.15, 0.2) is 30.4 Å². The van der Waals surface area contributed by atoms with E-state index in [2.05, 4.69) is 30.5 Å². The first-order valence-electron chi connectivity index (χ1n) is 6.35. The average Bonchev–Trinajstić information content (AvgIpc) is 2.78. The molecule has 0 aliphatic heterocycles. The molecule has 1 atom stereocenters. The van der Waals surface area contributed by atoms with E-state index in [1.54, 1.807) is 11.3 Å².